The molecule has 3 heterocycles. The number of ether oxygens (including phenoxy) is 2. The van der Waals surface area contributed by atoms with Gasteiger partial charge in [0.05, 0.1) is 22.8 Å². The van der Waals surface area contributed by atoms with Gasteiger partial charge in [-0.15, -0.1) is 0 Å². The zero-order valence-corrected chi connectivity index (χ0v) is 15.3. The molecule has 0 spiro atoms. The number of nitrogens with zero attached hydrogens (tertiary/aromatic N) is 3. The second-order valence-electron chi connectivity index (χ2n) is 6.66. The van der Waals surface area contributed by atoms with Crippen LogP contribution in [0.3, 0.4) is 0 Å². The number of halogens is 4. The van der Waals surface area contributed by atoms with Crippen molar-refractivity contribution in [2.75, 3.05) is 13.2 Å². The third-order valence-corrected chi connectivity index (χ3v) is 4.77. The molecular formula is C21H13F4N3O2. The van der Waals surface area contributed by atoms with Gasteiger partial charge >= 0.3 is 6.18 Å². The predicted octanol–water partition coefficient (Wildman–Crippen LogP) is 5.02. The number of pyridine rings is 1. The van der Waals surface area contributed by atoms with Gasteiger partial charge in [0, 0.05) is 5.56 Å². The highest BCUT2D eigenvalue weighted by atomic mass is 19.4. The molecule has 0 aliphatic carbocycles. The fourth-order valence-corrected chi connectivity index (χ4v) is 3.39. The standard InChI is InChI=1S/C21H13F4N3O2/c22-15-3-1-2-4-17(15)28-20-13(11-26-28)14(21(23,24)25)10-16(27-20)12-5-6-18-19(9-12)30-8-7-29-18/h1-6,9-11H,7-8H2. The first-order chi connectivity index (χ1) is 14.4. The molecule has 1 aliphatic rings. The first-order valence-corrected chi connectivity index (χ1v) is 9.03. The van der Waals surface area contributed by atoms with Gasteiger partial charge in [-0.2, -0.15) is 18.3 Å². The molecule has 9 heteroatoms. The quantitative estimate of drug-likeness (QED) is 0.432. The van der Waals surface area contributed by atoms with E-state index >= 15 is 0 Å². The maximum atomic E-state index is 14.3. The van der Waals surface area contributed by atoms with E-state index in [1.165, 1.54) is 18.2 Å². The lowest BCUT2D eigenvalue weighted by Crippen LogP contribution is -2.15. The summed E-state index contributed by atoms with van der Waals surface area (Å²) in [4.78, 5) is 4.38. The van der Waals surface area contributed by atoms with E-state index in [0.29, 0.717) is 30.3 Å². The molecule has 0 saturated carbocycles. The van der Waals surface area contributed by atoms with E-state index in [0.717, 1.165) is 16.9 Å². The van der Waals surface area contributed by atoms with E-state index in [-0.39, 0.29) is 22.4 Å². The average Bonchev–Trinajstić information content (AvgIpc) is 3.16. The number of hydrogen-bond acceptors (Lipinski definition) is 4. The lowest BCUT2D eigenvalue weighted by molar-refractivity contribution is -0.136. The molecule has 2 aromatic heterocycles. The number of benzene rings is 2. The van der Waals surface area contributed by atoms with Gasteiger partial charge in [-0.1, -0.05) is 12.1 Å². The number of alkyl halides is 3. The second-order valence-corrected chi connectivity index (χ2v) is 6.66. The van der Waals surface area contributed by atoms with Crippen LogP contribution in [0.1, 0.15) is 5.56 Å². The normalized spacial score (nSPS) is 13.6. The Morgan fingerprint density at radius 2 is 1.70 bits per heavy atom. The zero-order valence-electron chi connectivity index (χ0n) is 15.3. The van der Waals surface area contributed by atoms with E-state index in [2.05, 4.69) is 10.1 Å². The van der Waals surface area contributed by atoms with E-state index in [9.17, 15) is 17.6 Å². The van der Waals surface area contributed by atoms with E-state index in [1.54, 1.807) is 24.3 Å². The Labute approximate surface area is 167 Å². The zero-order chi connectivity index (χ0) is 20.9. The molecule has 0 saturated heterocycles. The molecule has 2 aromatic carbocycles. The van der Waals surface area contributed by atoms with Gasteiger partial charge in [-0.3, -0.25) is 0 Å². The summed E-state index contributed by atoms with van der Waals surface area (Å²) >= 11 is 0. The Bertz CT molecular complexity index is 1270. The predicted molar refractivity (Wildman–Crippen MR) is 100 cm³/mol. The Kier molecular flexibility index (Phi) is 4.12. The van der Waals surface area contributed by atoms with Crippen molar-refractivity contribution in [1.29, 1.82) is 0 Å². The molecule has 0 radical (unpaired) electrons. The van der Waals surface area contributed by atoms with Gasteiger partial charge in [0.2, 0.25) is 0 Å². The minimum absolute atomic E-state index is 0.00690. The molecule has 0 bridgehead atoms. The van der Waals surface area contributed by atoms with Crippen molar-refractivity contribution in [2.45, 2.75) is 6.18 Å². The average molecular weight is 415 g/mol. The number of para-hydroxylation sites is 1. The highest BCUT2D eigenvalue weighted by Crippen LogP contribution is 2.39. The molecule has 152 valence electrons. The van der Waals surface area contributed by atoms with Crippen LogP contribution in [-0.4, -0.2) is 28.0 Å². The van der Waals surface area contributed by atoms with Gasteiger partial charge < -0.3 is 9.47 Å². The smallest absolute Gasteiger partial charge is 0.417 e. The highest BCUT2D eigenvalue weighted by molar-refractivity contribution is 5.84. The summed E-state index contributed by atoms with van der Waals surface area (Å²) in [6.07, 6.45) is -3.60. The Morgan fingerprint density at radius 1 is 0.933 bits per heavy atom. The minimum atomic E-state index is -4.65. The van der Waals surface area contributed by atoms with Crippen molar-refractivity contribution in [3.05, 3.63) is 66.1 Å². The molecule has 1 aliphatic heterocycles. The van der Waals surface area contributed by atoms with Crippen molar-refractivity contribution >= 4 is 11.0 Å². The first-order valence-electron chi connectivity index (χ1n) is 9.03. The van der Waals surface area contributed by atoms with Crippen LogP contribution in [0.5, 0.6) is 11.5 Å². The number of hydrogen-bond donors (Lipinski definition) is 0. The fourth-order valence-electron chi connectivity index (χ4n) is 3.39. The van der Waals surface area contributed by atoms with Gasteiger partial charge in [-0.05, 0) is 36.4 Å². The van der Waals surface area contributed by atoms with Crippen LogP contribution >= 0.6 is 0 Å². The maximum Gasteiger partial charge on any atom is 0.417 e. The van der Waals surface area contributed by atoms with Crippen LogP contribution in [0.4, 0.5) is 17.6 Å². The summed E-state index contributed by atoms with van der Waals surface area (Å²) < 4.78 is 67.7. The second kappa shape index (κ2) is 6.72. The fraction of sp³-hybridized carbons (Fsp3) is 0.143. The Morgan fingerprint density at radius 3 is 2.47 bits per heavy atom. The Hall–Kier alpha value is -3.62. The van der Waals surface area contributed by atoms with Crippen molar-refractivity contribution in [2.24, 2.45) is 0 Å². The summed E-state index contributed by atoms with van der Waals surface area (Å²) in [5, 5.41) is 3.76. The summed E-state index contributed by atoms with van der Waals surface area (Å²) in [5.74, 6) is 0.318. The van der Waals surface area contributed by atoms with E-state index in [1.807, 2.05) is 0 Å². The first kappa shape index (κ1) is 18.4. The number of fused-ring (bicyclic) bond motifs is 2. The largest absolute Gasteiger partial charge is 0.486 e. The summed E-state index contributed by atoms with van der Waals surface area (Å²) in [6.45, 7) is 0.743. The third kappa shape index (κ3) is 3.02. The number of rotatable bonds is 2. The van der Waals surface area contributed by atoms with Gasteiger partial charge in [0.1, 0.15) is 24.7 Å². The van der Waals surface area contributed by atoms with E-state index < -0.39 is 17.6 Å². The highest BCUT2D eigenvalue weighted by Gasteiger charge is 2.35. The third-order valence-electron chi connectivity index (χ3n) is 4.77. The number of aromatic nitrogens is 3. The van der Waals surface area contributed by atoms with Crippen molar-refractivity contribution < 1.29 is 27.0 Å². The monoisotopic (exact) mass is 415 g/mol. The lowest BCUT2D eigenvalue weighted by Gasteiger charge is -2.19. The van der Waals surface area contributed by atoms with Crippen LogP contribution in [-0.2, 0) is 6.18 Å². The lowest BCUT2D eigenvalue weighted by atomic mass is 10.1. The van der Waals surface area contributed by atoms with Crippen LogP contribution in [0, 0.1) is 5.82 Å². The molecule has 0 unspecified atom stereocenters. The van der Waals surface area contributed by atoms with Crippen LogP contribution in [0.15, 0.2) is 54.7 Å². The van der Waals surface area contributed by atoms with Crippen LogP contribution < -0.4 is 9.47 Å². The van der Waals surface area contributed by atoms with Crippen molar-refractivity contribution in [3.63, 3.8) is 0 Å². The van der Waals surface area contributed by atoms with Crippen LogP contribution in [0.25, 0.3) is 28.0 Å². The molecule has 0 fully saturated rings. The molecule has 5 rings (SSSR count). The van der Waals surface area contributed by atoms with E-state index in [4.69, 9.17) is 9.47 Å². The molecule has 0 atom stereocenters. The maximum absolute atomic E-state index is 14.3. The Balaban J connectivity index is 1.75. The van der Waals surface area contributed by atoms with Crippen molar-refractivity contribution in [1.82, 2.24) is 14.8 Å². The molecule has 4 aromatic rings. The minimum Gasteiger partial charge on any atom is -0.486 e. The summed E-state index contributed by atoms with van der Waals surface area (Å²) in [7, 11) is 0. The molecular weight excluding hydrogens is 402 g/mol. The van der Waals surface area contributed by atoms with Gasteiger partial charge in [-0.25, -0.2) is 14.1 Å². The topological polar surface area (TPSA) is 49.2 Å². The van der Waals surface area contributed by atoms with Crippen molar-refractivity contribution in [3.8, 4) is 28.4 Å². The SMILES string of the molecule is Fc1ccccc1-n1ncc2c(C(F)(F)F)cc(-c3ccc4c(c3)OCCO4)nc21. The van der Waals surface area contributed by atoms with Gasteiger partial charge in [0.25, 0.3) is 0 Å². The summed E-state index contributed by atoms with van der Waals surface area (Å²) in [5.41, 5.74) is -0.523. The molecule has 0 amide bonds. The van der Waals surface area contributed by atoms with Gasteiger partial charge in [0.15, 0.2) is 17.1 Å². The molecule has 30 heavy (non-hydrogen) atoms. The molecule has 5 nitrogen and oxygen atoms in total. The summed E-state index contributed by atoms with van der Waals surface area (Å²) in [6, 6.07) is 11.4. The molecule has 0 N–H and O–H groups in total. The van der Waals surface area contributed by atoms with Crippen LogP contribution in [0.2, 0.25) is 0 Å².